The van der Waals surface area contributed by atoms with Crippen molar-refractivity contribution in [1.82, 2.24) is 9.21 Å². The van der Waals surface area contributed by atoms with Gasteiger partial charge in [0, 0.05) is 48.7 Å². The highest BCUT2D eigenvalue weighted by atomic mass is 79.9. The zero-order valence-electron chi connectivity index (χ0n) is 17.6. The Kier molecular flexibility index (Phi) is 6.73. The number of hydrogen-bond donors (Lipinski definition) is 0. The third-order valence-corrected chi connectivity index (χ3v) is 8.14. The van der Waals surface area contributed by atoms with Gasteiger partial charge in [-0.15, -0.1) is 0 Å². The molecule has 0 bridgehead atoms. The fourth-order valence-electron chi connectivity index (χ4n) is 3.97. The van der Waals surface area contributed by atoms with Crippen LogP contribution in [0.25, 0.3) is 0 Å². The van der Waals surface area contributed by atoms with Crippen LogP contribution in [-0.2, 0) is 21.4 Å². The van der Waals surface area contributed by atoms with Crippen LogP contribution in [0.3, 0.4) is 0 Å². The first-order valence-electron chi connectivity index (χ1n) is 10.3. The van der Waals surface area contributed by atoms with E-state index < -0.39 is 10.0 Å². The third-order valence-electron chi connectivity index (χ3n) is 5.75. The van der Waals surface area contributed by atoms with E-state index in [-0.39, 0.29) is 42.2 Å². The Morgan fingerprint density at radius 3 is 2.50 bits per heavy atom. The summed E-state index contributed by atoms with van der Waals surface area (Å²) in [6, 6.07) is 9.36. The van der Waals surface area contributed by atoms with E-state index in [4.69, 9.17) is 9.47 Å². The van der Waals surface area contributed by atoms with Crippen LogP contribution >= 0.6 is 15.9 Å². The van der Waals surface area contributed by atoms with Gasteiger partial charge in [0.2, 0.25) is 15.9 Å². The number of benzene rings is 2. The first-order valence-corrected chi connectivity index (χ1v) is 12.6. The molecule has 0 N–H and O–H groups in total. The second kappa shape index (κ2) is 9.36. The molecule has 4 rings (SSSR count). The molecule has 0 aromatic heterocycles. The molecular weight excluding hydrogens is 503 g/mol. The number of hydrogen-bond acceptors (Lipinski definition) is 5. The van der Waals surface area contributed by atoms with Crippen LogP contribution in [0.1, 0.15) is 18.4 Å². The molecule has 0 radical (unpaired) electrons. The van der Waals surface area contributed by atoms with Crippen molar-refractivity contribution in [2.24, 2.45) is 5.92 Å². The molecule has 2 aromatic rings. The summed E-state index contributed by atoms with van der Waals surface area (Å²) in [6.45, 7) is 1.46. The predicted molar refractivity (Wildman–Crippen MR) is 119 cm³/mol. The number of ether oxygens (including phenoxy) is 2. The molecule has 1 saturated heterocycles. The number of carbonyl (C=O) groups excluding carboxylic acids is 1. The van der Waals surface area contributed by atoms with Gasteiger partial charge in [-0.25, -0.2) is 12.8 Å². The van der Waals surface area contributed by atoms with Gasteiger partial charge in [0.15, 0.2) is 11.5 Å². The van der Waals surface area contributed by atoms with E-state index in [1.165, 1.54) is 27.4 Å². The fourth-order valence-corrected chi connectivity index (χ4v) is 5.79. The fraction of sp³-hybridized carbons (Fsp3) is 0.409. The van der Waals surface area contributed by atoms with Gasteiger partial charge in [0.05, 0.1) is 4.90 Å². The Hall–Kier alpha value is -2.17. The zero-order valence-corrected chi connectivity index (χ0v) is 20.0. The van der Waals surface area contributed by atoms with Crippen LogP contribution in [0, 0.1) is 11.7 Å². The molecule has 2 aliphatic heterocycles. The summed E-state index contributed by atoms with van der Waals surface area (Å²) in [5.41, 5.74) is 0.433. The predicted octanol–water partition coefficient (Wildman–Crippen LogP) is 3.42. The third kappa shape index (κ3) is 4.77. The average Bonchev–Trinajstić information content (AvgIpc) is 2.80. The monoisotopic (exact) mass is 526 g/mol. The maximum absolute atomic E-state index is 14.1. The summed E-state index contributed by atoms with van der Waals surface area (Å²) in [4.78, 5) is 14.5. The standard InChI is InChI=1S/C22H24BrFN2O5S/c1-25(14-16-2-3-17(23)12-19(16)24)22(27)15-6-8-26(9-7-15)32(28,29)18-4-5-20-21(13-18)31-11-10-30-20/h2-5,12-13,15H,6-11,14H2,1H3. The summed E-state index contributed by atoms with van der Waals surface area (Å²) in [5.74, 6) is 0.169. The van der Waals surface area contributed by atoms with Gasteiger partial charge < -0.3 is 14.4 Å². The zero-order chi connectivity index (χ0) is 22.9. The number of sulfonamides is 1. The highest BCUT2D eigenvalue weighted by molar-refractivity contribution is 9.10. The van der Waals surface area contributed by atoms with Crippen molar-refractivity contribution < 1.29 is 27.1 Å². The number of piperidine rings is 1. The van der Waals surface area contributed by atoms with Crippen LogP contribution in [0.15, 0.2) is 45.8 Å². The number of amides is 1. The molecule has 7 nitrogen and oxygen atoms in total. The smallest absolute Gasteiger partial charge is 0.243 e. The van der Waals surface area contributed by atoms with E-state index in [0.717, 1.165) is 0 Å². The van der Waals surface area contributed by atoms with Crippen LogP contribution in [0.2, 0.25) is 0 Å². The normalized spacial score (nSPS) is 17.2. The molecule has 0 spiro atoms. The van der Waals surface area contributed by atoms with Gasteiger partial charge in [0.25, 0.3) is 0 Å². The van der Waals surface area contributed by atoms with E-state index in [1.807, 2.05) is 0 Å². The minimum absolute atomic E-state index is 0.108. The maximum atomic E-state index is 14.1. The Morgan fingerprint density at radius 1 is 1.12 bits per heavy atom. The quantitative estimate of drug-likeness (QED) is 0.596. The second-order valence-electron chi connectivity index (χ2n) is 7.91. The molecule has 10 heteroatoms. The summed E-state index contributed by atoms with van der Waals surface area (Å²) < 4.78 is 53.3. The molecule has 0 aliphatic carbocycles. The minimum atomic E-state index is -3.70. The van der Waals surface area contributed by atoms with Crippen LogP contribution < -0.4 is 9.47 Å². The van der Waals surface area contributed by atoms with Crippen LogP contribution in [0.5, 0.6) is 11.5 Å². The van der Waals surface area contributed by atoms with Gasteiger partial charge in [-0.1, -0.05) is 22.0 Å². The molecule has 0 saturated carbocycles. The largest absolute Gasteiger partial charge is 0.486 e. The number of halogens is 2. The number of fused-ring (bicyclic) bond motifs is 1. The van der Waals surface area contributed by atoms with Crippen molar-refractivity contribution in [3.8, 4) is 11.5 Å². The highest BCUT2D eigenvalue weighted by Crippen LogP contribution is 2.34. The van der Waals surface area contributed by atoms with Crippen molar-refractivity contribution in [2.45, 2.75) is 24.3 Å². The second-order valence-corrected chi connectivity index (χ2v) is 10.8. The van der Waals surface area contributed by atoms with Gasteiger partial charge in [0.1, 0.15) is 19.0 Å². The number of rotatable bonds is 5. The molecular formula is C22H24BrFN2O5S. The Bertz CT molecular complexity index is 1120. The first-order chi connectivity index (χ1) is 15.3. The average molecular weight is 527 g/mol. The topological polar surface area (TPSA) is 76.2 Å². The minimum Gasteiger partial charge on any atom is -0.486 e. The molecule has 2 heterocycles. The Morgan fingerprint density at radius 2 is 1.81 bits per heavy atom. The van der Waals surface area contributed by atoms with Gasteiger partial charge in [-0.05, 0) is 37.1 Å². The molecule has 172 valence electrons. The van der Waals surface area contributed by atoms with Crippen molar-refractivity contribution in [2.75, 3.05) is 33.4 Å². The lowest BCUT2D eigenvalue weighted by Crippen LogP contribution is -2.43. The van der Waals surface area contributed by atoms with Crippen LogP contribution in [0.4, 0.5) is 4.39 Å². The van der Waals surface area contributed by atoms with Gasteiger partial charge >= 0.3 is 0 Å². The van der Waals surface area contributed by atoms with E-state index in [9.17, 15) is 17.6 Å². The van der Waals surface area contributed by atoms with Gasteiger partial charge in [-0.2, -0.15) is 4.31 Å². The van der Waals surface area contributed by atoms with Crippen LogP contribution in [-0.4, -0.2) is 56.9 Å². The lowest BCUT2D eigenvalue weighted by Gasteiger charge is -2.32. The van der Waals surface area contributed by atoms with E-state index in [1.54, 1.807) is 25.2 Å². The summed E-state index contributed by atoms with van der Waals surface area (Å²) in [7, 11) is -2.06. The molecule has 1 fully saturated rings. The van der Waals surface area contributed by atoms with Gasteiger partial charge in [-0.3, -0.25) is 4.79 Å². The molecule has 2 aliphatic rings. The van der Waals surface area contributed by atoms with E-state index in [2.05, 4.69) is 15.9 Å². The van der Waals surface area contributed by atoms with E-state index in [0.29, 0.717) is 47.6 Å². The van der Waals surface area contributed by atoms with Crippen molar-refractivity contribution in [1.29, 1.82) is 0 Å². The van der Waals surface area contributed by atoms with Crippen molar-refractivity contribution in [3.05, 3.63) is 52.3 Å². The highest BCUT2D eigenvalue weighted by Gasteiger charge is 2.34. The Balaban J connectivity index is 1.38. The van der Waals surface area contributed by atoms with E-state index >= 15 is 0 Å². The summed E-state index contributed by atoms with van der Waals surface area (Å²) >= 11 is 3.22. The van der Waals surface area contributed by atoms with Crippen molar-refractivity contribution in [3.63, 3.8) is 0 Å². The Labute approximate surface area is 195 Å². The lowest BCUT2D eigenvalue weighted by molar-refractivity contribution is -0.136. The SMILES string of the molecule is CN(Cc1ccc(Br)cc1F)C(=O)C1CCN(S(=O)(=O)c2ccc3c(c2)OCCO3)CC1. The summed E-state index contributed by atoms with van der Waals surface area (Å²) in [5, 5.41) is 0. The number of carbonyl (C=O) groups is 1. The lowest BCUT2D eigenvalue weighted by atomic mass is 9.96. The summed E-state index contributed by atoms with van der Waals surface area (Å²) in [6.07, 6.45) is 0.825. The van der Waals surface area contributed by atoms with Crippen molar-refractivity contribution >= 4 is 31.9 Å². The maximum Gasteiger partial charge on any atom is 0.243 e. The first kappa shape index (κ1) is 23.0. The molecule has 2 aromatic carbocycles. The molecule has 1 amide bonds. The molecule has 0 unspecified atom stereocenters. The number of nitrogens with zero attached hydrogens (tertiary/aromatic N) is 2. The molecule has 32 heavy (non-hydrogen) atoms. The molecule has 0 atom stereocenters.